The smallest absolute Gasteiger partial charge is 0.0922 e. The van der Waals surface area contributed by atoms with E-state index in [1.54, 1.807) is 0 Å². The van der Waals surface area contributed by atoms with E-state index in [9.17, 15) is 4.91 Å². The van der Waals surface area contributed by atoms with Crippen molar-refractivity contribution in [3.05, 3.63) is 4.91 Å². The van der Waals surface area contributed by atoms with Crippen LogP contribution in [-0.2, 0) is 0 Å². The van der Waals surface area contributed by atoms with Gasteiger partial charge in [-0.25, -0.2) is 0 Å². The van der Waals surface area contributed by atoms with Crippen molar-refractivity contribution < 1.29 is 0 Å². The Hall–Kier alpha value is -0.400. The first-order valence-electron chi connectivity index (χ1n) is 11.3. The van der Waals surface area contributed by atoms with Crippen molar-refractivity contribution in [2.24, 2.45) is 51.5 Å². The first-order valence-corrected chi connectivity index (χ1v) is 11.3. The summed E-state index contributed by atoms with van der Waals surface area (Å²) in [5.74, 6) is 5.49. The predicted molar refractivity (Wildman–Crippen MR) is 104 cm³/mol. The van der Waals surface area contributed by atoms with Gasteiger partial charge in [0.25, 0.3) is 0 Å². The number of hydrogen-bond acceptors (Lipinski definition) is 2. The second kappa shape index (κ2) is 6.34. The molecule has 4 fully saturated rings. The summed E-state index contributed by atoms with van der Waals surface area (Å²) >= 11 is 0. The largest absolute Gasteiger partial charge is 0.151 e. The van der Waals surface area contributed by atoms with Crippen LogP contribution in [0.15, 0.2) is 5.18 Å². The SMILES string of the molecule is CCC(C)[C@H]1CCC2C3CCC4CC(N=O)CC[C@]4(C)C3CC[C@@]21C. The maximum absolute atomic E-state index is 11.1. The second-order valence-electron chi connectivity index (χ2n) is 10.8. The van der Waals surface area contributed by atoms with E-state index < -0.39 is 0 Å². The molecule has 4 rings (SSSR count). The summed E-state index contributed by atoms with van der Waals surface area (Å²) in [4.78, 5) is 11.1. The lowest BCUT2D eigenvalue weighted by atomic mass is 9.44. The molecule has 25 heavy (non-hydrogen) atoms. The maximum atomic E-state index is 11.1. The molecule has 0 aromatic carbocycles. The van der Waals surface area contributed by atoms with Gasteiger partial charge in [0.1, 0.15) is 0 Å². The predicted octanol–water partition coefficient (Wildman–Crippen LogP) is 6.83. The fourth-order valence-corrected chi connectivity index (χ4v) is 8.59. The van der Waals surface area contributed by atoms with Gasteiger partial charge in [0.15, 0.2) is 0 Å². The van der Waals surface area contributed by atoms with Crippen LogP contribution in [0.4, 0.5) is 0 Å². The number of nitrogens with zero attached hydrogens (tertiary/aromatic N) is 1. The normalized spacial score (nSPS) is 53.4. The summed E-state index contributed by atoms with van der Waals surface area (Å²) < 4.78 is 0. The van der Waals surface area contributed by atoms with E-state index in [2.05, 4.69) is 32.9 Å². The van der Waals surface area contributed by atoms with Crippen LogP contribution in [0.3, 0.4) is 0 Å². The van der Waals surface area contributed by atoms with Crippen molar-refractivity contribution in [3.8, 4) is 0 Å². The quantitative estimate of drug-likeness (QED) is 0.516. The third kappa shape index (κ3) is 2.56. The lowest BCUT2D eigenvalue weighted by molar-refractivity contribution is -0.116. The minimum absolute atomic E-state index is 0.116. The highest BCUT2D eigenvalue weighted by Gasteiger charge is 2.60. The Morgan fingerprint density at radius 3 is 2.40 bits per heavy atom. The number of nitroso groups, excluding NO2 is 1. The summed E-state index contributed by atoms with van der Waals surface area (Å²) in [6.07, 6.45) is 13.4. The van der Waals surface area contributed by atoms with E-state index in [0.717, 1.165) is 48.3 Å². The van der Waals surface area contributed by atoms with Gasteiger partial charge in [0.2, 0.25) is 0 Å². The number of fused-ring (bicyclic) bond motifs is 5. The fraction of sp³-hybridized carbons (Fsp3) is 1.00. The van der Waals surface area contributed by atoms with Gasteiger partial charge >= 0.3 is 0 Å². The summed E-state index contributed by atoms with van der Waals surface area (Å²) in [6.45, 7) is 10.2. The van der Waals surface area contributed by atoms with Gasteiger partial charge in [0, 0.05) is 0 Å². The molecule has 0 spiro atoms. The van der Waals surface area contributed by atoms with Gasteiger partial charge in [-0.05, 0) is 104 Å². The molecule has 0 aromatic heterocycles. The number of hydrogen-bond donors (Lipinski definition) is 0. The van der Waals surface area contributed by atoms with Crippen molar-refractivity contribution in [1.29, 1.82) is 0 Å². The maximum Gasteiger partial charge on any atom is 0.0922 e. The highest BCUT2D eigenvalue weighted by atomic mass is 16.3. The van der Waals surface area contributed by atoms with Gasteiger partial charge < -0.3 is 0 Å². The molecular weight excluding hydrogens is 306 g/mol. The lowest BCUT2D eigenvalue weighted by Crippen LogP contribution is -2.54. The van der Waals surface area contributed by atoms with Crippen LogP contribution in [0.25, 0.3) is 0 Å². The van der Waals surface area contributed by atoms with Gasteiger partial charge in [-0.2, -0.15) is 4.91 Å². The van der Waals surface area contributed by atoms with Gasteiger partial charge in [-0.1, -0.05) is 39.3 Å². The molecule has 0 amide bonds. The molecule has 0 aromatic rings. The monoisotopic (exact) mass is 345 g/mol. The Balaban J connectivity index is 1.57. The molecule has 0 radical (unpaired) electrons. The molecular formula is C23H39NO. The Labute approximate surface area is 154 Å². The van der Waals surface area contributed by atoms with Crippen LogP contribution >= 0.6 is 0 Å². The van der Waals surface area contributed by atoms with Crippen LogP contribution in [-0.4, -0.2) is 6.04 Å². The zero-order valence-electron chi connectivity index (χ0n) is 17.0. The Bertz CT molecular complexity index is 518. The molecule has 0 N–H and O–H groups in total. The van der Waals surface area contributed by atoms with E-state index in [1.165, 1.54) is 51.4 Å². The first kappa shape index (κ1) is 18.0. The summed E-state index contributed by atoms with van der Waals surface area (Å²) in [7, 11) is 0. The third-order valence-electron chi connectivity index (χ3n) is 10.2. The van der Waals surface area contributed by atoms with E-state index in [0.29, 0.717) is 10.8 Å². The topological polar surface area (TPSA) is 29.4 Å². The van der Waals surface area contributed by atoms with Crippen molar-refractivity contribution in [3.63, 3.8) is 0 Å². The molecule has 142 valence electrons. The molecule has 4 saturated carbocycles. The van der Waals surface area contributed by atoms with E-state index in [4.69, 9.17) is 0 Å². The second-order valence-corrected chi connectivity index (χ2v) is 10.8. The van der Waals surface area contributed by atoms with Crippen LogP contribution < -0.4 is 0 Å². The fourth-order valence-electron chi connectivity index (χ4n) is 8.59. The summed E-state index contributed by atoms with van der Waals surface area (Å²) in [6, 6.07) is 0.116. The zero-order chi connectivity index (χ0) is 17.8. The number of rotatable bonds is 3. The lowest BCUT2D eigenvalue weighted by Gasteiger charge is -2.61. The Kier molecular flexibility index (Phi) is 4.56. The van der Waals surface area contributed by atoms with Crippen LogP contribution in [0.1, 0.15) is 91.9 Å². The zero-order valence-corrected chi connectivity index (χ0v) is 17.0. The van der Waals surface area contributed by atoms with Crippen molar-refractivity contribution in [2.75, 3.05) is 0 Å². The molecule has 0 heterocycles. The first-order chi connectivity index (χ1) is 11.9. The molecule has 0 bridgehead atoms. The summed E-state index contributed by atoms with van der Waals surface area (Å²) in [5.41, 5.74) is 1.11. The Morgan fingerprint density at radius 2 is 1.68 bits per heavy atom. The average Bonchev–Trinajstić information content (AvgIpc) is 2.97. The minimum atomic E-state index is 0.116. The molecule has 2 nitrogen and oxygen atoms in total. The Morgan fingerprint density at radius 1 is 0.960 bits per heavy atom. The van der Waals surface area contributed by atoms with Crippen LogP contribution in [0.2, 0.25) is 0 Å². The highest BCUT2D eigenvalue weighted by Crippen LogP contribution is 2.68. The molecule has 4 aliphatic carbocycles. The molecule has 9 atom stereocenters. The van der Waals surface area contributed by atoms with Crippen molar-refractivity contribution in [1.82, 2.24) is 0 Å². The summed E-state index contributed by atoms with van der Waals surface area (Å²) in [5, 5.41) is 3.43. The van der Waals surface area contributed by atoms with E-state index in [1.807, 2.05) is 0 Å². The van der Waals surface area contributed by atoms with Gasteiger partial charge in [-0.15, -0.1) is 0 Å². The van der Waals surface area contributed by atoms with Crippen molar-refractivity contribution in [2.45, 2.75) is 97.9 Å². The van der Waals surface area contributed by atoms with Crippen molar-refractivity contribution >= 4 is 0 Å². The molecule has 0 aliphatic heterocycles. The third-order valence-corrected chi connectivity index (χ3v) is 10.2. The minimum Gasteiger partial charge on any atom is -0.151 e. The van der Waals surface area contributed by atoms with Crippen LogP contribution in [0.5, 0.6) is 0 Å². The average molecular weight is 346 g/mol. The van der Waals surface area contributed by atoms with Crippen LogP contribution in [0, 0.1) is 51.2 Å². The van der Waals surface area contributed by atoms with E-state index >= 15 is 0 Å². The standard InChI is InChI=1S/C23H39NO/c1-5-15(2)19-8-9-20-18-7-6-16-14-17(24-25)10-12-22(16,3)21(18)11-13-23(19,20)4/h15-21H,5-14H2,1-4H3/t15?,16?,17?,18?,19-,20?,21?,22+,23-/m1/s1. The van der Waals surface area contributed by atoms with E-state index in [-0.39, 0.29) is 6.04 Å². The molecule has 0 saturated heterocycles. The highest BCUT2D eigenvalue weighted by molar-refractivity contribution is 5.10. The molecule has 4 aliphatic rings. The molecule has 6 unspecified atom stereocenters. The van der Waals surface area contributed by atoms with Gasteiger partial charge in [-0.3, -0.25) is 0 Å². The molecule has 2 heteroatoms. The van der Waals surface area contributed by atoms with Gasteiger partial charge in [0.05, 0.1) is 6.04 Å².